The Morgan fingerprint density at radius 1 is 1.35 bits per heavy atom. The van der Waals surface area contributed by atoms with Crippen molar-refractivity contribution in [3.63, 3.8) is 0 Å². The van der Waals surface area contributed by atoms with Gasteiger partial charge in [-0.25, -0.2) is 4.98 Å². The Hall–Kier alpha value is -2.96. The summed E-state index contributed by atoms with van der Waals surface area (Å²) in [6.07, 6.45) is 1.54. The van der Waals surface area contributed by atoms with Crippen LogP contribution in [0.1, 0.15) is 11.1 Å². The highest BCUT2D eigenvalue weighted by Crippen LogP contribution is 2.17. The van der Waals surface area contributed by atoms with E-state index in [9.17, 15) is 10.1 Å². The number of nitro benzene ring substituents is 1. The SMILES string of the molecule is N=C(N)c1cccnc1OCc1ccc([N+](=O)[O-])cc1. The summed E-state index contributed by atoms with van der Waals surface area (Å²) in [6, 6.07) is 9.32. The fourth-order valence-corrected chi connectivity index (χ4v) is 1.58. The number of nitrogens with zero attached hydrogens (tertiary/aromatic N) is 2. The van der Waals surface area contributed by atoms with Crippen molar-refractivity contribution >= 4 is 11.5 Å². The Morgan fingerprint density at radius 2 is 2.05 bits per heavy atom. The van der Waals surface area contributed by atoms with Gasteiger partial charge in [-0.2, -0.15) is 0 Å². The highest BCUT2D eigenvalue weighted by molar-refractivity contribution is 5.96. The molecule has 2 aromatic rings. The standard InChI is InChI=1S/C13H12N4O3/c14-12(15)11-2-1-7-16-13(11)20-8-9-3-5-10(6-4-9)17(18)19/h1-7H,8H2,(H3,14,15). The van der Waals surface area contributed by atoms with Crippen LogP contribution in [0.2, 0.25) is 0 Å². The molecule has 7 heteroatoms. The number of hydrogen-bond acceptors (Lipinski definition) is 5. The third kappa shape index (κ3) is 3.08. The highest BCUT2D eigenvalue weighted by atomic mass is 16.6. The van der Waals surface area contributed by atoms with Gasteiger partial charge in [-0.05, 0) is 29.8 Å². The van der Waals surface area contributed by atoms with E-state index in [0.29, 0.717) is 5.56 Å². The minimum atomic E-state index is -0.461. The van der Waals surface area contributed by atoms with Gasteiger partial charge in [0.15, 0.2) is 0 Å². The molecule has 0 aliphatic rings. The highest BCUT2D eigenvalue weighted by Gasteiger charge is 2.08. The van der Waals surface area contributed by atoms with Crippen molar-refractivity contribution in [2.24, 2.45) is 5.73 Å². The Balaban J connectivity index is 2.09. The molecule has 0 aliphatic heterocycles. The first-order chi connectivity index (χ1) is 9.58. The van der Waals surface area contributed by atoms with Crippen LogP contribution in [0.5, 0.6) is 5.88 Å². The average Bonchev–Trinajstić information content (AvgIpc) is 2.45. The van der Waals surface area contributed by atoms with Crippen LogP contribution in [0, 0.1) is 15.5 Å². The van der Waals surface area contributed by atoms with Crippen molar-refractivity contribution in [3.05, 3.63) is 63.8 Å². The van der Waals surface area contributed by atoms with Gasteiger partial charge >= 0.3 is 0 Å². The Morgan fingerprint density at radius 3 is 2.65 bits per heavy atom. The number of nitrogen functional groups attached to an aromatic ring is 1. The molecule has 0 atom stereocenters. The molecule has 20 heavy (non-hydrogen) atoms. The summed E-state index contributed by atoms with van der Waals surface area (Å²) in [4.78, 5) is 14.1. The molecule has 0 amide bonds. The Labute approximate surface area is 114 Å². The van der Waals surface area contributed by atoms with Gasteiger partial charge in [-0.15, -0.1) is 0 Å². The molecule has 1 aromatic carbocycles. The minimum Gasteiger partial charge on any atom is -0.472 e. The monoisotopic (exact) mass is 272 g/mol. The number of nitrogens with one attached hydrogen (secondary N) is 1. The molecule has 0 unspecified atom stereocenters. The number of hydrogen-bond donors (Lipinski definition) is 2. The maximum Gasteiger partial charge on any atom is 0.269 e. The lowest BCUT2D eigenvalue weighted by Gasteiger charge is -2.08. The summed E-state index contributed by atoms with van der Waals surface area (Å²) in [6.45, 7) is 0.190. The number of ether oxygens (including phenoxy) is 1. The van der Waals surface area contributed by atoms with Gasteiger partial charge in [0, 0.05) is 18.3 Å². The molecule has 0 bridgehead atoms. The van der Waals surface area contributed by atoms with Crippen LogP contribution < -0.4 is 10.5 Å². The normalized spacial score (nSPS) is 10.0. The summed E-state index contributed by atoms with van der Waals surface area (Å²) in [7, 11) is 0. The molecule has 0 saturated carbocycles. The van der Waals surface area contributed by atoms with Gasteiger partial charge in [0.05, 0.1) is 10.5 Å². The molecule has 0 spiro atoms. The fraction of sp³-hybridized carbons (Fsp3) is 0.0769. The van der Waals surface area contributed by atoms with Gasteiger partial charge in [-0.3, -0.25) is 15.5 Å². The maximum absolute atomic E-state index is 10.5. The zero-order valence-electron chi connectivity index (χ0n) is 10.4. The first-order valence-corrected chi connectivity index (χ1v) is 5.73. The first-order valence-electron chi connectivity index (χ1n) is 5.73. The van der Waals surface area contributed by atoms with E-state index in [1.54, 1.807) is 24.3 Å². The lowest BCUT2D eigenvalue weighted by molar-refractivity contribution is -0.384. The molecule has 0 saturated heterocycles. The number of benzene rings is 1. The largest absolute Gasteiger partial charge is 0.472 e. The van der Waals surface area contributed by atoms with Crippen LogP contribution in [0.4, 0.5) is 5.69 Å². The molecule has 0 fully saturated rings. The molecule has 1 aromatic heterocycles. The van der Waals surface area contributed by atoms with E-state index in [1.165, 1.54) is 18.3 Å². The molecule has 3 N–H and O–H groups in total. The van der Waals surface area contributed by atoms with E-state index in [0.717, 1.165) is 5.56 Å². The lowest BCUT2D eigenvalue weighted by atomic mass is 10.2. The zero-order valence-corrected chi connectivity index (χ0v) is 10.4. The number of non-ortho nitro benzene ring substituents is 1. The number of pyridine rings is 1. The predicted molar refractivity (Wildman–Crippen MR) is 72.7 cm³/mol. The third-order valence-electron chi connectivity index (χ3n) is 2.58. The van der Waals surface area contributed by atoms with Crippen molar-refractivity contribution in [2.75, 3.05) is 0 Å². The average molecular weight is 272 g/mol. The summed E-state index contributed by atoms with van der Waals surface area (Å²) < 4.78 is 5.48. The van der Waals surface area contributed by atoms with Crippen molar-refractivity contribution < 1.29 is 9.66 Å². The van der Waals surface area contributed by atoms with Crippen molar-refractivity contribution in [1.29, 1.82) is 5.41 Å². The fourth-order valence-electron chi connectivity index (χ4n) is 1.58. The van der Waals surface area contributed by atoms with Crippen molar-refractivity contribution in [1.82, 2.24) is 4.98 Å². The molecular formula is C13H12N4O3. The van der Waals surface area contributed by atoms with Crippen LogP contribution in [0.25, 0.3) is 0 Å². The van der Waals surface area contributed by atoms with Gasteiger partial charge in [0.25, 0.3) is 5.69 Å². The van der Waals surface area contributed by atoms with E-state index < -0.39 is 4.92 Å². The summed E-state index contributed by atoms with van der Waals surface area (Å²) in [5, 5.41) is 18.0. The molecule has 0 radical (unpaired) electrons. The molecule has 0 aliphatic carbocycles. The molecular weight excluding hydrogens is 260 g/mol. The van der Waals surface area contributed by atoms with Crippen LogP contribution >= 0.6 is 0 Å². The quantitative estimate of drug-likeness (QED) is 0.373. The zero-order chi connectivity index (χ0) is 14.5. The number of rotatable bonds is 5. The number of aromatic nitrogens is 1. The van der Waals surface area contributed by atoms with Gasteiger partial charge in [0.1, 0.15) is 12.4 Å². The number of nitro groups is 1. The Bertz CT molecular complexity index is 640. The van der Waals surface area contributed by atoms with Crippen molar-refractivity contribution in [2.45, 2.75) is 6.61 Å². The predicted octanol–water partition coefficient (Wildman–Crippen LogP) is 1.85. The Kier molecular flexibility index (Phi) is 3.90. The lowest BCUT2D eigenvalue weighted by Crippen LogP contribution is -2.13. The van der Waals surface area contributed by atoms with E-state index in [-0.39, 0.29) is 24.0 Å². The second-order valence-corrected chi connectivity index (χ2v) is 3.98. The minimum absolute atomic E-state index is 0.0241. The van der Waals surface area contributed by atoms with Crippen LogP contribution in [-0.4, -0.2) is 15.7 Å². The van der Waals surface area contributed by atoms with Gasteiger partial charge in [0.2, 0.25) is 5.88 Å². The van der Waals surface area contributed by atoms with E-state index in [2.05, 4.69) is 4.98 Å². The van der Waals surface area contributed by atoms with Crippen LogP contribution in [-0.2, 0) is 6.61 Å². The van der Waals surface area contributed by atoms with E-state index in [1.807, 2.05) is 0 Å². The third-order valence-corrected chi connectivity index (χ3v) is 2.58. The van der Waals surface area contributed by atoms with Crippen LogP contribution in [0.3, 0.4) is 0 Å². The molecule has 102 valence electrons. The number of amidine groups is 1. The van der Waals surface area contributed by atoms with Gasteiger partial charge in [-0.1, -0.05) is 0 Å². The van der Waals surface area contributed by atoms with E-state index in [4.69, 9.17) is 15.9 Å². The van der Waals surface area contributed by atoms with Crippen molar-refractivity contribution in [3.8, 4) is 5.88 Å². The smallest absolute Gasteiger partial charge is 0.269 e. The molecule has 1 heterocycles. The maximum atomic E-state index is 10.5. The number of nitrogens with two attached hydrogens (primary N) is 1. The molecule has 2 rings (SSSR count). The van der Waals surface area contributed by atoms with E-state index >= 15 is 0 Å². The summed E-state index contributed by atoms with van der Waals surface area (Å²) in [5.41, 5.74) is 6.62. The topological polar surface area (TPSA) is 115 Å². The first kappa shape index (κ1) is 13.5. The summed E-state index contributed by atoms with van der Waals surface area (Å²) in [5.74, 6) is 0.134. The second-order valence-electron chi connectivity index (χ2n) is 3.98. The summed E-state index contributed by atoms with van der Waals surface area (Å²) >= 11 is 0. The second kappa shape index (κ2) is 5.79. The van der Waals surface area contributed by atoms with Crippen LogP contribution in [0.15, 0.2) is 42.6 Å². The molecule has 7 nitrogen and oxygen atoms in total. The van der Waals surface area contributed by atoms with Gasteiger partial charge < -0.3 is 10.5 Å².